The Labute approximate surface area is 105 Å². The third kappa shape index (κ3) is 3.14. The maximum Gasteiger partial charge on any atom is 0.165 e. The summed E-state index contributed by atoms with van der Waals surface area (Å²) in [5.41, 5.74) is 5.91. The molecule has 92 valence electrons. The second kappa shape index (κ2) is 5.42. The summed E-state index contributed by atoms with van der Waals surface area (Å²) in [6.45, 7) is 1.14. The molecule has 1 atom stereocenters. The Bertz CT molecular complexity index is 419. The van der Waals surface area contributed by atoms with E-state index < -0.39 is 5.82 Å². The molecule has 2 N–H and O–H groups in total. The van der Waals surface area contributed by atoms with E-state index in [1.807, 2.05) is 0 Å². The molecule has 1 aromatic rings. The minimum atomic E-state index is -0.451. The van der Waals surface area contributed by atoms with Crippen LogP contribution in [0.3, 0.4) is 0 Å². The highest BCUT2D eigenvalue weighted by Gasteiger charge is 2.17. The van der Waals surface area contributed by atoms with Crippen molar-refractivity contribution in [2.75, 3.05) is 13.2 Å². The Morgan fingerprint density at radius 3 is 3.00 bits per heavy atom. The fourth-order valence-corrected chi connectivity index (χ4v) is 1.86. The lowest BCUT2D eigenvalue weighted by Crippen LogP contribution is -2.17. The molecule has 0 aliphatic carbocycles. The molecule has 0 radical (unpaired) electrons. The summed E-state index contributed by atoms with van der Waals surface area (Å²) < 4.78 is 24.4. The van der Waals surface area contributed by atoms with E-state index in [1.54, 1.807) is 12.1 Å². The van der Waals surface area contributed by atoms with Crippen LogP contribution in [0.5, 0.6) is 5.75 Å². The first-order valence-electron chi connectivity index (χ1n) is 5.50. The topological polar surface area (TPSA) is 44.5 Å². The average molecular weight is 255 g/mol. The van der Waals surface area contributed by atoms with Crippen molar-refractivity contribution in [3.8, 4) is 5.75 Å². The summed E-state index contributed by atoms with van der Waals surface area (Å²) in [5.74, 6) is -0.242. The normalized spacial score (nSPS) is 19.2. The summed E-state index contributed by atoms with van der Waals surface area (Å²) in [4.78, 5) is 0.176. The van der Waals surface area contributed by atoms with Gasteiger partial charge >= 0.3 is 0 Å². The summed E-state index contributed by atoms with van der Waals surface area (Å²) >= 11 is 4.77. The van der Waals surface area contributed by atoms with Crippen molar-refractivity contribution in [2.45, 2.75) is 18.9 Å². The van der Waals surface area contributed by atoms with Crippen LogP contribution in [-0.2, 0) is 4.74 Å². The Balaban J connectivity index is 1.98. The molecule has 1 saturated heterocycles. The first-order valence-corrected chi connectivity index (χ1v) is 5.91. The maximum atomic E-state index is 13.6. The Kier molecular flexibility index (Phi) is 3.91. The van der Waals surface area contributed by atoms with E-state index in [0.29, 0.717) is 12.2 Å². The lowest BCUT2D eigenvalue weighted by atomic mass is 10.2. The number of ether oxygens (including phenoxy) is 2. The standard InChI is InChI=1S/C12H14FNO2S/c13-10-6-8(12(14)17)3-4-11(10)16-7-9-2-1-5-15-9/h3-4,6,9H,1-2,5,7H2,(H2,14,17). The van der Waals surface area contributed by atoms with E-state index in [0.717, 1.165) is 19.4 Å². The third-order valence-electron chi connectivity index (χ3n) is 2.67. The molecular weight excluding hydrogens is 241 g/mol. The summed E-state index contributed by atoms with van der Waals surface area (Å²) in [6.07, 6.45) is 2.08. The molecule has 0 bridgehead atoms. The molecule has 1 aliphatic rings. The van der Waals surface area contributed by atoms with Crippen LogP contribution < -0.4 is 10.5 Å². The number of halogens is 1. The van der Waals surface area contributed by atoms with E-state index in [9.17, 15) is 4.39 Å². The quantitative estimate of drug-likeness (QED) is 0.836. The Morgan fingerprint density at radius 1 is 1.59 bits per heavy atom. The van der Waals surface area contributed by atoms with Gasteiger partial charge in [0.1, 0.15) is 11.6 Å². The van der Waals surface area contributed by atoms with Crippen LogP contribution in [0.25, 0.3) is 0 Å². The Hall–Kier alpha value is -1.20. The minimum Gasteiger partial charge on any atom is -0.488 e. The van der Waals surface area contributed by atoms with Crippen molar-refractivity contribution >= 4 is 17.2 Å². The smallest absolute Gasteiger partial charge is 0.165 e. The van der Waals surface area contributed by atoms with Crippen molar-refractivity contribution in [1.82, 2.24) is 0 Å². The molecule has 1 aliphatic heterocycles. The summed E-state index contributed by atoms with van der Waals surface area (Å²) in [6, 6.07) is 4.47. The van der Waals surface area contributed by atoms with Gasteiger partial charge in [0.15, 0.2) is 11.6 Å². The number of hydrogen-bond acceptors (Lipinski definition) is 3. The molecule has 0 amide bonds. The van der Waals surface area contributed by atoms with Crippen LogP contribution in [0, 0.1) is 5.82 Å². The number of rotatable bonds is 4. The van der Waals surface area contributed by atoms with Gasteiger partial charge in [0.25, 0.3) is 0 Å². The predicted octanol–water partition coefficient (Wildman–Crippen LogP) is 2.02. The van der Waals surface area contributed by atoms with Crippen LogP contribution in [0.1, 0.15) is 18.4 Å². The zero-order valence-corrected chi connectivity index (χ0v) is 10.1. The molecule has 5 heteroatoms. The second-order valence-corrected chi connectivity index (χ2v) is 4.40. The van der Waals surface area contributed by atoms with Gasteiger partial charge in [-0.15, -0.1) is 0 Å². The van der Waals surface area contributed by atoms with E-state index in [-0.39, 0.29) is 16.8 Å². The highest BCUT2D eigenvalue weighted by molar-refractivity contribution is 7.80. The van der Waals surface area contributed by atoms with Gasteiger partial charge in [-0.2, -0.15) is 0 Å². The number of nitrogens with two attached hydrogens (primary N) is 1. The van der Waals surface area contributed by atoms with Crippen LogP contribution in [0.2, 0.25) is 0 Å². The van der Waals surface area contributed by atoms with Crippen LogP contribution >= 0.6 is 12.2 Å². The van der Waals surface area contributed by atoms with Gasteiger partial charge in [0, 0.05) is 12.2 Å². The van der Waals surface area contributed by atoms with Crippen molar-refractivity contribution in [2.24, 2.45) is 5.73 Å². The van der Waals surface area contributed by atoms with Crippen molar-refractivity contribution in [3.63, 3.8) is 0 Å². The van der Waals surface area contributed by atoms with Gasteiger partial charge in [0.05, 0.1) is 6.10 Å². The zero-order valence-electron chi connectivity index (χ0n) is 9.32. The van der Waals surface area contributed by atoms with Crippen LogP contribution in [0.15, 0.2) is 18.2 Å². The fourth-order valence-electron chi connectivity index (χ4n) is 1.73. The lowest BCUT2D eigenvalue weighted by Gasteiger charge is -2.12. The maximum absolute atomic E-state index is 13.6. The van der Waals surface area contributed by atoms with E-state index in [2.05, 4.69) is 0 Å². The van der Waals surface area contributed by atoms with E-state index in [4.69, 9.17) is 27.4 Å². The first kappa shape index (κ1) is 12.3. The van der Waals surface area contributed by atoms with Gasteiger partial charge in [-0.1, -0.05) is 12.2 Å². The molecule has 1 aromatic carbocycles. The lowest BCUT2D eigenvalue weighted by molar-refractivity contribution is 0.0666. The van der Waals surface area contributed by atoms with Gasteiger partial charge in [0.2, 0.25) is 0 Å². The SMILES string of the molecule is NC(=S)c1ccc(OCC2CCCO2)c(F)c1. The molecule has 1 fully saturated rings. The predicted molar refractivity (Wildman–Crippen MR) is 66.8 cm³/mol. The monoisotopic (exact) mass is 255 g/mol. The zero-order chi connectivity index (χ0) is 12.3. The third-order valence-corrected chi connectivity index (χ3v) is 2.90. The number of hydrogen-bond donors (Lipinski definition) is 1. The van der Waals surface area contributed by atoms with Crippen molar-refractivity contribution < 1.29 is 13.9 Å². The molecule has 0 saturated carbocycles. The number of thiocarbonyl (C=S) groups is 1. The fraction of sp³-hybridized carbons (Fsp3) is 0.417. The van der Waals surface area contributed by atoms with E-state index >= 15 is 0 Å². The highest BCUT2D eigenvalue weighted by Crippen LogP contribution is 2.20. The summed E-state index contributed by atoms with van der Waals surface area (Å²) in [7, 11) is 0. The van der Waals surface area contributed by atoms with Gasteiger partial charge in [-0.25, -0.2) is 4.39 Å². The molecular formula is C12H14FNO2S. The molecule has 17 heavy (non-hydrogen) atoms. The van der Waals surface area contributed by atoms with Crippen molar-refractivity contribution in [1.29, 1.82) is 0 Å². The molecule has 3 nitrogen and oxygen atoms in total. The number of benzene rings is 1. The summed E-state index contributed by atoms with van der Waals surface area (Å²) in [5, 5.41) is 0. The first-order chi connectivity index (χ1) is 8.16. The molecule has 0 aromatic heterocycles. The van der Waals surface area contributed by atoms with Crippen molar-refractivity contribution in [3.05, 3.63) is 29.6 Å². The van der Waals surface area contributed by atoms with Gasteiger partial charge < -0.3 is 15.2 Å². The average Bonchev–Trinajstić information content (AvgIpc) is 2.80. The van der Waals surface area contributed by atoms with Crippen LogP contribution in [0.4, 0.5) is 4.39 Å². The molecule has 1 unspecified atom stereocenters. The highest BCUT2D eigenvalue weighted by atomic mass is 32.1. The molecule has 0 spiro atoms. The minimum absolute atomic E-state index is 0.0738. The van der Waals surface area contributed by atoms with Crippen LogP contribution in [-0.4, -0.2) is 24.3 Å². The van der Waals surface area contributed by atoms with Gasteiger partial charge in [-0.05, 0) is 31.0 Å². The molecule has 1 heterocycles. The largest absolute Gasteiger partial charge is 0.488 e. The Morgan fingerprint density at radius 2 is 2.41 bits per heavy atom. The molecule has 2 rings (SSSR count). The van der Waals surface area contributed by atoms with Gasteiger partial charge in [-0.3, -0.25) is 0 Å². The second-order valence-electron chi connectivity index (χ2n) is 3.96. The van der Waals surface area contributed by atoms with E-state index in [1.165, 1.54) is 6.07 Å².